The molecule has 2 aromatic heterocycles. The molecular weight excluding hydrogens is 368 g/mol. The lowest BCUT2D eigenvalue weighted by Crippen LogP contribution is -2.11. The highest BCUT2D eigenvalue weighted by Crippen LogP contribution is 2.32. The van der Waals surface area contributed by atoms with Crippen molar-refractivity contribution in [2.24, 2.45) is 0 Å². The van der Waals surface area contributed by atoms with Gasteiger partial charge in [-0.3, -0.25) is 4.79 Å². The van der Waals surface area contributed by atoms with Gasteiger partial charge in [0.05, 0.1) is 16.3 Å². The summed E-state index contributed by atoms with van der Waals surface area (Å²) in [7, 11) is 0. The van der Waals surface area contributed by atoms with E-state index in [1.165, 1.54) is 11.3 Å². The first-order valence-corrected chi connectivity index (χ1v) is 8.71. The van der Waals surface area contributed by atoms with Crippen LogP contribution in [-0.4, -0.2) is 10.9 Å². The second-order valence-electron chi connectivity index (χ2n) is 4.34. The third-order valence-electron chi connectivity index (χ3n) is 2.86. The number of rotatable bonds is 3. The normalized spacial score (nSPS) is 10.6. The molecule has 1 N–H and O–H groups in total. The van der Waals surface area contributed by atoms with Gasteiger partial charge in [0.15, 0.2) is 0 Å². The van der Waals surface area contributed by atoms with E-state index in [0.717, 1.165) is 25.7 Å². The van der Waals surface area contributed by atoms with Gasteiger partial charge in [-0.25, -0.2) is 4.98 Å². The molecule has 3 nitrogen and oxygen atoms in total. The molecule has 106 valence electrons. The number of amides is 1. The molecule has 1 aromatic carbocycles. The van der Waals surface area contributed by atoms with Crippen molar-refractivity contribution in [3.8, 4) is 9.88 Å². The maximum absolute atomic E-state index is 12.4. The molecule has 0 saturated carbocycles. The molecule has 2 heterocycles. The number of para-hydroxylation sites is 1. The summed E-state index contributed by atoms with van der Waals surface area (Å²) in [5, 5.41) is 5.81. The lowest BCUT2D eigenvalue weighted by Gasteiger charge is -2.05. The molecule has 0 fully saturated rings. The molecule has 3 rings (SSSR count). The summed E-state index contributed by atoms with van der Waals surface area (Å²) in [5.41, 5.74) is 1.51. The standard InChI is InChI=1S/C15H11BrN2OS2/c1-9-13(21-15(17-9)12-7-4-8-20-12)14(19)18-11-6-3-2-5-10(11)16/h2-8H,1H3,(H,18,19). The molecule has 0 spiro atoms. The summed E-state index contributed by atoms with van der Waals surface area (Å²) in [5.74, 6) is -0.125. The Kier molecular flexibility index (Phi) is 4.19. The van der Waals surface area contributed by atoms with E-state index in [1.54, 1.807) is 11.3 Å². The van der Waals surface area contributed by atoms with Crippen LogP contribution in [0.5, 0.6) is 0 Å². The van der Waals surface area contributed by atoms with Crippen molar-refractivity contribution in [3.05, 3.63) is 56.8 Å². The third-order valence-corrected chi connectivity index (χ3v) is 5.74. The molecule has 0 radical (unpaired) electrons. The summed E-state index contributed by atoms with van der Waals surface area (Å²) in [6, 6.07) is 11.5. The highest BCUT2D eigenvalue weighted by molar-refractivity contribution is 9.10. The lowest BCUT2D eigenvalue weighted by atomic mass is 10.3. The molecular formula is C15H11BrN2OS2. The zero-order valence-corrected chi connectivity index (χ0v) is 14.3. The van der Waals surface area contributed by atoms with Crippen LogP contribution in [0.4, 0.5) is 5.69 Å². The van der Waals surface area contributed by atoms with E-state index in [9.17, 15) is 4.79 Å². The molecule has 3 aromatic rings. The lowest BCUT2D eigenvalue weighted by molar-refractivity contribution is 0.102. The van der Waals surface area contributed by atoms with E-state index in [1.807, 2.05) is 48.7 Å². The van der Waals surface area contributed by atoms with Crippen molar-refractivity contribution >= 4 is 50.2 Å². The molecule has 21 heavy (non-hydrogen) atoms. The van der Waals surface area contributed by atoms with Gasteiger partial charge in [0, 0.05) is 4.47 Å². The Hall–Kier alpha value is -1.50. The Morgan fingerprint density at radius 3 is 2.76 bits per heavy atom. The highest BCUT2D eigenvalue weighted by Gasteiger charge is 2.17. The minimum absolute atomic E-state index is 0.125. The topological polar surface area (TPSA) is 42.0 Å². The number of nitrogens with one attached hydrogen (secondary N) is 1. The van der Waals surface area contributed by atoms with E-state index in [2.05, 4.69) is 26.2 Å². The SMILES string of the molecule is Cc1nc(-c2cccs2)sc1C(=O)Nc1ccccc1Br. The number of thiophene rings is 1. The largest absolute Gasteiger partial charge is 0.320 e. The number of benzene rings is 1. The number of halogens is 1. The van der Waals surface area contributed by atoms with E-state index >= 15 is 0 Å². The van der Waals surface area contributed by atoms with E-state index in [-0.39, 0.29) is 5.91 Å². The fraction of sp³-hybridized carbons (Fsp3) is 0.0667. The Morgan fingerprint density at radius 1 is 1.24 bits per heavy atom. The van der Waals surface area contributed by atoms with Crippen LogP contribution in [0.1, 0.15) is 15.4 Å². The van der Waals surface area contributed by atoms with Gasteiger partial charge in [0.25, 0.3) is 5.91 Å². The molecule has 0 unspecified atom stereocenters. The van der Waals surface area contributed by atoms with Gasteiger partial charge in [-0.05, 0) is 46.4 Å². The summed E-state index contributed by atoms with van der Waals surface area (Å²) in [6.07, 6.45) is 0. The zero-order valence-electron chi connectivity index (χ0n) is 11.1. The van der Waals surface area contributed by atoms with Crippen LogP contribution in [-0.2, 0) is 0 Å². The van der Waals surface area contributed by atoms with Gasteiger partial charge in [-0.2, -0.15) is 0 Å². The average molecular weight is 379 g/mol. The van der Waals surface area contributed by atoms with Gasteiger partial charge in [0.1, 0.15) is 9.88 Å². The monoisotopic (exact) mass is 378 g/mol. The van der Waals surface area contributed by atoms with Crippen LogP contribution in [0.2, 0.25) is 0 Å². The fourth-order valence-corrected chi connectivity index (χ4v) is 4.00. The van der Waals surface area contributed by atoms with Crippen molar-refractivity contribution in [1.82, 2.24) is 4.98 Å². The van der Waals surface area contributed by atoms with Crippen LogP contribution in [0.15, 0.2) is 46.3 Å². The van der Waals surface area contributed by atoms with Gasteiger partial charge in [-0.15, -0.1) is 22.7 Å². The highest BCUT2D eigenvalue weighted by atomic mass is 79.9. The quantitative estimate of drug-likeness (QED) is 0.680. The molecule has 1 amide bonds. The van der Waals surface area contributed by atoms with Crippen LogP contribution >= 0.6 is 38.6 Å². The number of carbonyl (C=O) groups is 1. The summed E-state index contributed by atoms with van der Waals surface area (Å²) in [4.78, 5) is 18.6. The number of aryl methyl sites for hydroxylation is 1. The smallest absolute Gasteiger partial charge is 0.267 e. The maximum Gasteiger partial charge on any atom is 0.267 e. The number of anilines is 1. The van der Waals surface area contributed by atoms with E-state index in [4.69, 9.17) is 0 Å². The van der Waals surface area contributed by atoms with Gasteiger partial charge in [0.2, 0.25) is 0 Å². The first kappa shape index (κ1) is 14.4. The average Bonchev–Trinajstić information content (AvgIpc) is 3.10. The van der Waals surface area contributed by atoms with Crippen LogP contribution in [0.3, 0.4) is 0 Å². The predicted octanol–water partition coefficient (Wildman–Crippen LogP) is 5.19. The molecule has 0 aliphatic rings. The van der Waals surface area contributed by atoms with Gasteiger partial charge >= 0.3 is 0 Å². The molecule has 0 bridgehead atoms. The second kappa shape index (κ2) is 6.09. The first-order chi connectivity index (χ1) is 10.1. The molecule has 0 atom stereocenters. The van der Waals surface area contributed by atoms with Crippen LogP contribution < -0.4 is 5.32 Å². The summed E-state index contributed by atoms with van der Waals surface area (Å²) < 4.78 is 0.860. The third kappa shape index (κ3) is 3.07. The molecule has 6 heteroatoms. The minimum atomic E-state index is -0.125. The Balaban J connectivity index is 1.87. The van der Waals surface area contributed by atoms with E-state index < -0.39 is 0 Å². The van der Waals surface area contributed by atoms with Crippen molar-refractivity contribution in [1.29, 1.82) is 0 Å². The minimum Gasteiger partial charge on any atom is -0.320 e. The number of aromatic nitrogens is 1. The first-order valence-electron chi connectivity index (χ1n) is 6.22. The fourth-order valence-electron chi connectivity index (χ4n) is 1.85. The van der Waals surface area contributed by atoms with Crippen molar-refractivity contribution in [3.63, 3.8) is 0 Å². The number of nitrogens with zero attached hydrogens (tertiary/aromatic N) is 1. The number of thiazole rings is 1. The van der Waals surface area contributed by atoms with Gasteiger partial charge < -0.3 is 5.32 Å². The van der Waals surface area contributed by atoms with Crippen molar-refractivity contribution in [2.75, 3.05) is 5.32 Å². The maximum atomic E-state index is 12.4. The van der Waals surface area contributed by atoms with Crippen molar-refractivity contribution < 1.29 is 4.79 Å². The second-order valence-corrected chi connectivity index (χ2v) is 7.15. The Bertz CT molecular complexity index is 781. The molecule has 0 aliphatic heterocycles. The van der Waals surface area contributed by atoms with Crippen LogP contribution in [0, 0.1) is 6.92 Å². The summed E-state index contributed by atoms with van der Waals surface area (Å²) >= 11 is 6.47. The summed E-state index contributed by atoms with van der Waals surface area (Å²) in [6.45, 7) is 1.86. The number of carbonyl (C=O) groups excluding carboxylic acids is 1. The Morgan fingerprint density at radius 2 is 2.05 bits per heavy atom. The Labute approximate surface area is 138 Å². The number of hydrogen-bond acceptors (Lipinski definition) is 4. The van der Waals surface area contributed by atoms with Gasteiger partial charge in [-0.1, -0.05) is 18.2 Å². The predicted molar refractivity (Wildman–Crippen MR) is 92.3 cm³/mol. The van der Waals surface area contributed by atoms with Crippen molar-refractivity contribution in [2.45, 2.75) is 6.92 Å². The zero-order chi connectivity index (χ0) is 14.8. The number of hydrogen-bond donors (Lipinski definition) is 1. The molecule has 0 saturated heterocycles. The molecule has 0 aliphatic carbocycles. The van der Waals surface area contributed by atoms with Crippen LogP contribution in [0.25, 0.3) is 9.88 Å². The van der Waals surface area contributed by atoms with E-state index in [0.29, 0.717) is 4.88 Å².